The molecule has 0 radical (unpaired) electrons. The quantitative estimate of drug-likeness (QED) is 0.839. The molecule has 1 saturated carbocycles. The predicted octanol–water partition coefficient (Wildman–Crippen LogP) is 2.19. The summed E-state index contributed by atoms with van der Waals surface area (Å²) in [7, 11) is 0. The molecule has 19 heavy (non-hydrogen) atoms. The van der Waals surface area contributed by atoms with Crippen LogP contribution in [0.1, 0.15) is 43.5 Å². The Morgan fingerprint density at radius 1 is 1.32 bits per heavy atom. The minimum Gasteiger partial charge on any atom is -0.388 e. The molecular weight excluding hydrogens is 256 g/mol. The van der Waals surface area contributed by atoms with Crippen LogP contribution in [0.5, 0.6) is 0 Å². The zero-order valence-corrected chi connectivity index (χ0v) is 12.1. The number of hydrogen-bond acceptors (Lipinski definition) is 4. The van der Waals surface area contributed by atoms with E-state index in [1.807, 2.05) is 13.0 Å². The van der Waals surface area contributed by atoms with E-state index in [0.29, 0.717) is 16.7 Å². The van der Waals surface area contributed by atoms with Gasteiger partial charge in [-0.05, 0) is 38.2 Å². The monoisotopic (exact) mass is 276 g/mol. The molecule has 1 saturated heterocycles. The summed E-state index contributed by atoms with van der Waals surface area (Å²) < 4.78 is 0. The van der Waals surface area contributed by atoms with Gasteiger partial charge < -0.3 is 10.6 Å². The number of rotatable bonds is 2. The average Bonchev–Trinajstić information content (AvgIpc) is 2.81. The standard InChI is InChI=1S/C14H20N4S/c1-9-8-11(13(15)19)17-14(16-9)18-7-6-10-4-2-3-5-12(10)18/h8,10,12H,2-7H2,1H3,(H2,15,19). The van der Waals surface area contributed by atoms with Crippen LogP contribution >= 0.6 is 12.2 Å². The Labute approximate surface area is 119 Å². The average molecular weight is 276 g/mol. The van der Waals surface area contributed by atoms with Gasteiger partial charge in [-0.15, -0.1) is 0 Å². The third-order valence-corrected chi connectivity index (χ3v) is 4.57. The number of aryl methyl sites for hydroxylation is 1. The first kappa shape index (κ1) is 12.8. The Bertz CT molecular complexity index is 502. The van der Waals surface area contributed by atoms with Crippen molar-refractivity contribution in [3.8, 4) is 0 Å². The second kappa shape index (κ2) is 5.04. The van der Waals surface area contributed by atoms with Crippen LogP contribution in [0.15, 0.2) is 6.07 Å². The molecule has 2 atom stereocenters. The normalized spacial score (nSPS) is 26.3. The maximum absolute atomic E-state index is 5.70. The summed E-state index contributed by atoms with van der Waals surface area (Å²) >= 11 is 5.04. The predicted molar refractivity (Wildman–Crippen MR) is 80.4 cm³/mol. The van der Waals surface area contributed by atoms with Crippen molar-refractivity contribution < 1.29 is 0 Å². The highest BCUT2D eigenvalue weighted by molar-refractivity contribution is 7.80. The largest absolute Gasteiger partial charge is 0.388 e. The molecule has 2 fully saturated rings. The highest BCUT2D eigenvalue weighted by atomic mass is 32.1. The molecule has 2 heterocycles. The van der Waals surface area contributed by atoms with Crippen molar-refractivity contribution in [3.63, 3.8) is 0 Å². The fourth-order valence-electron chi connectivity index (χ4n) is 3.46. The van der Waals surface area contributed by atoms with Gasteiger partial charge in [0.1, 0.15) is 10.7 Å². The minimum absolute atomic E-state index is 0.353. The van der Waals surface area contributed by atoms with E-state index < -0.39 is 0 Å². The van der Waals surface area contributed by atoms with E-state index in [0.717, 1.165) is 24.1 Å². The molecule has 2 aliphatic rings. The van der Waals surface area contributed by atoms with Crippen LogP contribution in [0.3, 0.4) is 0 Å². The van der Waals surface area contributed by atoms with E-state index in [1.165, 1.54) is 32.1 Å². The van der Waals surface area contributed by atoms with Crippen molar-refractivity contribution >= 4 is 23.2 Å². The molecule has 0 amide bonds. The van der Waals surface area contributed by atoms with Gasteiger partial charge in [-0.25, -0.2) is 9.97 Å². The maximum Gasteiger partial charge on any atom is 0.226 e. The molecule has 2 unspecified atom stereocenters. The van der Waals surface area contributed by atoms with Crippen LogP contribution in [-0.4, -0.2) is 27.5 Å². The second-order valence-electron chi connectivity index (χ2n) is 5.65. The molecule has 5 heteroatoms. The number of aromatic nitrogens is 2. The van der Waals surface area contributed by atoms with E-state index in [4.69, 9.17) is 18.0 Å². The molecule has 102 valence electrons. The first-order valence-electron chi connectivity index (χ1n) is 7.07. The molecule has 1 aromatic heterocycles. The van der Waals surface area contributed by atoms with Gasteiger partial charge >= 0.3 is 0 Å². The van der Waals surface area contributed by atoms with Crippen molar-refractivity contribution in [2.24, 2.45) is 11.7 Å². The van der Waals surface area contributed by atoms with Gasteiger partial charge in [0.15, 0.2) is 0 Å². The number of nitrogens with two attached hydrogens (primary N) is 1. The Morgan fingerprint density at radius 3 is 2.89 bits per heavy atom. The smallest absolute Gasteiger partial charge is 0.226 e. The second-order valence-corrected chi connectivity index (χ2v) is 6.09. The summed E-state index contributed by atoms with van der Waals surface area (Å²) in [6.45, 7) is 3.04. The van der Waals surface area contributed by atoms with Crippen molar-refractivity contribution in [3.05, 3.63) is 17.5 Å². The molecule has 4 nitrogen and oxygen atoms in total. The lowest BCUT2D eigenvalue weighted by Gasteiger charge is -2.31. The third kappa shape index (κ3) is 2.43. The molecule has 2 N–H and O–H groups in total. The molecule has 1 aromatic rings. The van der Waals surface area contributed by atoms with E-state index in [-0.39, 0.29) is 0 Å². The zero-order valence-electron chi connectivity index (χ0n) is 11.3. The first-order valence-corrected chi connectivity index (χ1v) is 7.48. The highest BCUT2D eigenvalue weighted by Gasteiger charge is 2.37. The van der Waals surface area contributed by atoms with Gasteiger partial charge in [-0.3, -0.25) is 0 Å². The van der Waals surface area contributed by atoms with Gasteiger partial charge in [0, 0.05) is 18.3 Å². The van der Waals surface area contributed by atoms with Crippen LogP contribution in [0.2, 0.25) is 0 Å². The number of thiocarbonyl (C=S) groups is 1. The van der Waals surface area contributed by atoms with Gasteiger partial charge in [-0.2, -0.15) is 0 Å². The van der Waals surface area contributed by atoms with E-state index in [1.54, 1.807) is 0 Å². The number of hydrogen-bond donors (Lipinski definition) is 1. The third-order valence-electron chi connectivity index (χ3n) is 4.36. The van der Waals surface area contributed by atoms with Crippen LogP contribution in [0, 0.1) is 12.8 Å². The number of fused-ring (bicyclic) bond motifs is 1. The molecule has 0 aromatic carbocycles. The zero-order chi connectivity index (χ0) is 13.4. The fourth-order valence-corrected chi connectivity index (χ4v) is 3.57. The summed E-state index contributed by atoms with van der Waals surface area (Å²) in [6, 6.07) is 2.48. The molecule has 0 spiro atoms. The lowest BCUT2D eigenvalue weighted by atomic mass is 9.85. The Morgan fingerprint density at radius 2 is 2.11 bits per heavy atom. The highest BCUT2D eigenvalue weighted by Crippen LogP contribution is 2.37. The summed E-state index contributed by atoms with van der Waals surface area (Å²) in [5.74, 6) is 1.64. The van der Waals surface area contributed by atoms with Crippen molar-refractivity contribution in [1.29, 1.82) is 0 Å². The van der Waals surface area contributed by atoms with Gasteiger partial charge in [-0.1, -0.05) is 25.1 Å². The van der Waals surface area contributed by atoms with Crippen molar-refractivity contribution in [2.75, 3.05) is 11.4 Å². The summed E-state index contributed by atoms with van der Waals surface area (Å²) in [5.41, 5.74) is 7.33. The van der Waals surface area contributed by atoms with E-state index >= 15 is 0 Å². The molecular formula is C14H20N4S. The van der Waals surface area contributed by atoms with Crippen molar-refractivity contribution in [1.82, 2.24) is 9.97 Å². The summed E-state index contributed by atoms with van der Waals surface area (Å²) in [6.07, 6.45) is 6.59. The Balaban J connectivity index is 1.91. The van der Waals surface area contributed by atoms with Gasteiger partial charge in [0.05, 0.1) is 0 Å². The maximum atomic E-state index is 5.70. The van der Waals surface area contributed by atoms with Gasteiger partial charge in [0.25, 0.3) is 0 Å². The first-order chi connectivity index (χ1) is 9.15. The van der Waals surface area contributed by atoms with Gasteiger partial charge in [0.2, 0.25) is 5.95 Å². The fraction of sp³-hybridized carbons (Fsp3) is 0.643. The van der Waals surface area contributed by atoms with E-state index in [2.05, 4.69) is 14.9 Å². The van der Waals surface area contributed by atoms with E-state index in [9.17, 15) is 0 Å². The molecule has 0 bridgehead atoms. The summed E-state index contributed by atoms with van der Waals surface area (Å²) in [5, 5.41) is 0. The Hall–Kier alpha value is -1.23. The van der Waals surface area contributed by atoms with Crippen molar-refractivity contribution in [2.45, 2.75) is 45.1 Å². The Kier molecular flexibility index (Phi) is 3.39. The number of anilines is 1. The lowest BCUT2D eigenvalue weighted by molar-refractivity contribution is 0.340. The summed E-state index contributed by atoms with van der Waals surface area (Å²) in [4.78, 5) is 11.9. The minimum atomic E-state index is 0.353. The molecule has 3 rings (SSSR count). The molecule has 1 aliphatic heterocycles. The van der Waals surface area contributed by atoms with Crippen LogP contribution in [0.25, 0.3) is 0 Å². The van der Waals surface area contributed by atoms with Crippen LogP contribution in [0.4, 0.5) is 5.95 Å². The molecule has 1 aliphatic carbocycles. The van der Waals surface area contributed by atoms with Crippen LogP contribution < -0.4 is 10.6 Å². The topological polar surface area (TPSA) is 55.0 Å². The SMILES string of the molecule is Cc1cc(C(N)=S)nc(N2CCC3CCCCC32)n1. The number of nitrogens with zero attached hydrogens (tertiary/aromatic N) is 3. The van der Waals surface area contributed by atoms with Crippen LogP contribution in [-0.2, 0) is 0 Å². The lowest BCUT2D eigenvalue weighted by Crippen LogP contribution is -2.36.